The average Bonchev–Trinajstić information content (AvgIpc) is 2.72. The molecule has 0 aliphatic carbocycles. The second-order valence-corrected chi connectivity index (χ2v) is 5.06. The van der Waals surface area contributed by atoms with Crippen LogP contribution in [0.4, 0.5) is 18.2 Å². The summed E-state index contributed by atoms with van der Waals surface area (Å²) in [7, 11) is 0. The summed E-state index contributed by atoms with van der Waals surface area (Å²) in [5.74, 6) is 0. The van der Waals surface area contributed by atoms with E-state index in [0.717, 1.165) is 18.0 Å². The predicted molar refractivity (Wildman–Crippen MR) is 70.3 cm³/mol. The molecule has 110 valence electrons. The normalized spacial score (nSPS) is 12.1. The van der Waals surface area contributed by atoms with Gasteiger partial charge in [0.15, 0.2) is 0 Å². The van der Waals surface area contributed by atoms with Crippen LogP contribution in [0.1, 0.15) is 32.4 Å². The lowest BCUT2D eigenvalue weighted by Gasteiger charge is -2.22. The van der Waals surface area contributed by atoms with Crippen molar-refractivity contribution in [3.63, 3.8) is 0 Å². The van der Waals surface area contributed by atoms with E-state index in [0.29, 0.717) is 18.7 Å². The van der Waals surface area contributed by atoms with Crippen molar-refractivity contribution in [2.24, 2.45) is 0 Å². The molecule has 4 nitrogen and oxygen atoms in total. The number of anilines is 1. The molecular formula is C11H19F3N4S. The summed E-state index contributed by atoms with van der Waals surface area (Å²) >= 11 is 1.19. The van der Waals surface area contributed by atoms with Gasteiger partial charge in [-0.3, -0.25) is 4.90 Å². The van der Waals surface area contributed by atoms with Crippen molar-refractivity contribution >= 4 is 16.5 Å². The molecule has 1 N–H and O–H groups in total. The number of nitrogens with zero attached hydrogens (tertiary/aromatic N) is 3. The van der Waals surface area contributed by atoms with Gasteiger partial charge in [0.25, 0.3) is 0 Å². The van der Waals surface area contributed by atoms with E-state index < -0.39 is 12.7 Å². The zero-order valence-corrected chi connectivity index (χ0v) is 11.9. The van der Waals surface area contributed by atoms with E-state index >= 15 is 0 Å². The van der Waals surface area contributed by atoms with Crippen LogP contribution in [-0.4, -0.2) is 40.3 Å². The lowest BCUT2D eigenvalue weighted by molar-refractivity contribution is -0.147. The second kappa shape index (κ2) is 7.64. The Hall–Kier alpha value is -0.890. The molecule has 0 unspecified atom stereocenters. The summed E-state index contributed by atoms with van der Waals surface area (Å²) in [6.45, 7) is 4.31. The first-order valence-electron chi connectivity index (χ1n) is 6.30. The largest absolute Gasteiger partial charge is 0.401 e. The fraction of sp³-hybridized carbons (Fsp3) is 0.818. The van der Waals surface area contributed by atoms with Crippen molar-refractivity contribution in [1.82, 2.24) is 14.5 Å². The van der Waals surface area contributed by atoms with Crippen molar-refractivity contribution in [1.29, 1.82) is 0 Å². The Labute approximate surface area is 115 Å². The fourth-order valence-electron chi connectivity index (χ4n) is 1.68. The third-order valence-electron chi connectivity index (χ3n) is 2.41. The van der Waals surface area contributed by atoms with Gasteiger partial charge in [0.05, 0.1) is 6.54 Å². The van der Waals surface area contributed by atoms with Crippen molar-refractivity contribution in [2.45, 2.75) is 39.4 Å². The van der Waals surface area contributed by atoms with Crippen molar-refractivity contribution in [3.8, 4) is 0 Å². The molecule has 0 fully saturated rings. The number of hydrogen-bond acceptors (Lipinski definition) is 5. The van der Waals surface area contributed by atoms with E-state index in [9.17, 15) is 13.2 Å². The highest BCUT2D eigenvalue weighted by atomic mass is 32.1. The average molecular weight is 296 g/mol. The lowest BCUT2D eigenvalue weighted by Crippen LogP contribution is -2.34. The van der Waals surface area contributed by atoms with Crippen LogP contribution in [0.15, 0.2) is 0 Å². The number of hydrogen-bond donors (Lipinski definition) is 1. The fourth-order valence-corrected chi connectivity index (χ4v) is 2.28. The van der Waals surface area contributed by atoms with Crippen LogP contribution >= 0.6 is 11.5 Å². The van der Waals surface area contributed by atoms with E-state index in [4.69, 9.17) is 0 Å². The van der Waals surface area contributed by atoms with Gasteiger partial charge in [-0.15, -0.1) is 5.10 Å². The molecule has 8 heteroatoms. The summed E-state index contributed by atoms with van der Waals surface area (Å²) in [5, 5.41) is 7.83. The first kappa shape index (κ1) is 16.2. The highest BCUT2D eigenvalue weighted by Gasteiger charge is 2.31. The maximum atomic E-state index is 12.5. The first-order valence-corrected chi connectivity index (χ1v) is 7.07. The Morgan fingerprint density at radius 2 is 2.00 bits per heavy atom. The molecule has 0 aliphatic rings. The monoisotopic (exact) mass is 296 g/mol. The molecule has 0 aliphatic heterocycles. The van der Waals surface area contributed by atoms with Gasteiger partial charge in [-0.05, 0) is 19.4 Å². The summed E-state index contributed by atoms with van der Waals surface area (Å²) in [6.07, 6.45) is -2.57. The molecule has 19 heavy (non-hydrogen) atoms. The predicted octanol–water partition coefficient (Wildman–Crippen LogP) is 3.13. The van der Waals surface area contributed by atoms with Crippen molar-refractivity contribution < 1.29 is 13.2 Å². The van der Waals surface area contributed by atoms with E-state index in [1.165, 1.54) is 16.4 Å². The molecule has 0 saturated heterocycles. The number of aromatic nitrogens is 2. The third-order valence-corrected chi connectivity index (χ3v) is 3.13. The Morgan fingerprint density at radius 1 is 1.26 bits per heavy atom. The minimum absolute atomic E-state index is 0.176. The van der Waals surface area contributed by atoms with Crippen LogP contribution in [0.2, 0.25) is 0 Å². The number of nitrogens with one attached hydrogen (secondary N) is 1. The summed E-state index contributed by atoms with van der Waals surface area (Å²) in [6, 6.07) is 0. The Morgan fingerprint density at radius 3 is 2.58 bits per heavy atom. The number of alkyl halides is 3. The molecule has 0 radical (unpaired) electrons. The highest BCUT2D eigenvalue weighted by molar-refractivity contribution is 7.10. The van der Waals surface area contributed by atoms with Gasteiger partial charge in [0.1, 0.15) is 10.7 Å². The maximum Gasteiger partial charge on any atom is 0.401 e. The molecule has 0 bridgehead atoms. The Bertz CT molecular complexity index is 367. The van der Waals surface area contributed by atoms with Crippen LogP contribution in [0.3, 0.4) is 0 Å². The molecule has 0 saturated carbocycles. The lowest BCUT2D eigenvalue weighted by atomic mass is 10.3. The standard InChI is InChI=1S/C11H19F3N4S/c1-3-5-15-10-9(16-17-19-10)7-18(6-4-2)8-11(12,13)14/h15H,3-8H2,1-2H3. The van der Waals surface area contributed by atoms with Gasteiger partial charge in [0, 0.05) is 24.6 Å². The van der Waals surface area contributed by atoms with E-state index in [1.807, 2.05) is 13.8 Å². The second-order valence-electron chi connectivity index (χ2n) is 4.30. The van der Waals surface area contributed by atoms with Crippen LogP contribution in [0.5, 0.6) is 0 Å². The van der Waals surface area contributed by atoms with Gasteiger partial charge < -0.3 is 5.32 Å². The van der Waals surface area contributed by atoms with Gasteiger partial charge >= 0.3 is 6.18 Å². The smallest absolute Gasteiger partial charge is 0.374 e. The van der Waals surface area contributed by atoms with Crippen molar-refractivity contribution in [3.05, 3.63) is 5.69 Å². The van der Waals surface area contributed by atoms with E-state index in [1.54, 1.807) is 0 Å². The Kier molecular flexibility index (Phi) is 6.50. The van der Waals surface area contributed by atoms with Gasteiger partial charge in [0.2, 0.25) is 0 Å². The molecule has 0 amide bonds. The zero-order chi connectivity index (χ0) is 14.3. The maximum absolute atomic E-state index is 12.5. The minimum atomic E-state index is -4.18. The SMILES string of the molecule is CCCNc1snnc1CN(CCC)CC(F)(F)F. The number of rotatable bonds is 8. The summed E-state index contributed by atoms with van der Waals surface area (Å²) in [5.41, 5.74) is 0.594. The summed E-state index contributed by atoms with van der Waals surface area (Å²) < 4.78 is 41.2. The topological polar surface area (TPSA) is 41.1 Å². The third kappa shape index (κ3) is 6.20. The van der Waals surface area contributed by atoms with Crippen LogP contribution in [0, 0.1) is 0 Å². The van der Waals surface area contributed by atoms with Gasteiger partial charge in [-0.1, -0.05) is 18.3 Å². The molecule has 1 aromatic rings. The first-order chi connectivity index (χ1) is 8.96. The summed E-state index contributed by atoms with van der Waals surface area (Å²) in [4.78, 5) is 1.36. The molecule has 1 heterocycles. The zero-order valence-electron chi connectivity index (χ0n) is 11.1. The van der Waals surface area contributed by atoms with E-state index in [-0.39, 0.29) is 6.54 Å². The molecule has 0 aromatic carbocycles. The van der Waals surface area contributed by atoms with Gasteiger partial charge in [-0.25, -0.2) is 0 Å². The molecular weight excluding hydrogens is 277 g/mol. The molecule has 0 spiro atoms. The quantitative estimate of drug-likeness (QED) is 0.800. The molecule has 0 atom stereocenters. The molecule has 1 rings (SSSR count). The number of halogens is 3. The highest BCUT2D eigenvalue weighted by Crippen LogP contribution is 2.22. The van der Waals surface area contributed by atoms with Crippen LogP contribution in [-0.2, 0) is 6.54 Å². The Balaban J connectivity index is 2.65. The van der Waals surface area contributed by atoms with E-state index in [2.05, 4.69) is 14.9 Å². The van der Waals surface area contributed by atoms with Crippen molar-refractivity contribution in [2.75, 3.05) is 25.0 Å². The molecule has 1 aromatic heterocycles. The van der Waals surface area contributed by atoms with Crippen LogP contribution < -0.4 is 5.32 Å². The minimum Gasteiger partial charge on any atom is -0.374 e. The van der Waals surface area contributed by atoms with Gasteiger partial charge in [-0.2, -0.15) is 13.2 Å². The van der Waals surface area contributed by atoms with Crippen LogP contribution in [0.25, 0.3) is 0 Å².